The summed E-state index contributed by atoms with van der Waals surface area (Å²) in [6, 6.07) is 0. The number of hydrogen-bond acceptors (Lipinski definition) is 3. The van der Waals surface area contributed by atoms with Gasteiger partial charge < -0.3 is 4.74 Å². The third kappa shape index (κ3) is 6.98. The zero-order valence-electron chi connectivity index (χ0n) is 10.2. The van der Waals surface area contributed by atoms with Crippen LogP contribution in [0, 0.1) is 0 Å². The summed E-state index contributed by atoms with van der Waals surface area (Å²) in [4.78, 5) is 22.2. The molecular weight excluding hydrogens is 204 g/mol. The van der Waals surface area contributed by atoms with Gasteiger partial charge in [0.05, 0.1) is 6.61 Å². The minimum absolute atomic E-state index is 0.110. The number of Topliss-reactive ketones (excluding diaryl/α,β-unsaturated/α-hetero) is 1. The SMILES string of the molecule is C=C(C)C(=O)CCCCCOC(=O)C(=C)C. The second-order valence-corrected chi connectivity index (χ2v) is 3.93. The van der Waals surface area contributed by atoms with E-state index >= 15 is 0 Å². The third-order valence-corrected chi connectivity index (χ3v) is 2.11. The quantitative estimate of drug-likeness (QED) is 0.362. The molecule has 0 aromatic rings. The normalized spacial score (nSPS) is 9.62. The fourth-order valence-corrected chi connectivity index (χ4v) is 1.07. The number of hydrogen-bond donors (Lipinski definition) is 0. The number of ketones is 1. The van der Waals surface area contributed by atoms with E-state index in [0.717, 1.165) is 19.3 Å². The van der Waals surface area contributed by atoms with E-state index in [0.29, 0.717) is 24.2 Å². The van der Waals surface area contributed by atoms with Crippen LogP contribution in [0.2, 0.25) is 0 Å². The van der Waals surface area contributed by atoms with Gasteiger partial charge in [-0.2, -0.15) is 0 Å². The summed E-state index contributed by atoms with van der Waals surface area (Å²) in [5.41, 5.74) is 1.02. The predicted octanol–water partition coefficient (Wildman–Crippen LogP) is 2.81. The summed E-state index contributed by atoms with van der Waals surface area (Å²) in [5, 5.41) is 0. The molecule has 0 saturated heterocycles. The largest absolute Gasteiger partial charge is 0.462 e. The molecule has 0 aliphatic carbocycles. The van der Waals surface area contributed by atoms with Crippen LogP contribution in [0.3, 0.4) is 0 Å². The molecule has 0 aliphatic heterocycles. The van der Waals surface area contributed by atoms with Crippen LogP contribution in [-0.4, -0.2) is 18.4 Å². The van der Waals surface area contributed by atoms with E-state index in [2.05, 4.69) is 13.2 Å². The standard InChI is InChI=1S/C13H20O3/c1-10(2)12(14)8-6-5-7-9-16-13(15)11(3)4/h1,3,5-9H2,2,4H3. The Morgan fingerprint density at radius 3 is 2.12 bits per heavy atom. The second-order valence-electron chi connectivity index (χ2n) is 3.93. The molecule has 0 atom stereocenters. The highest BCUT2D eigenvalue weighted by atomic mass is 16.5. The van der Waals surface area contributed by atoms with Gasteiger partial charge in [0.25, 0.3) is 0 Å². The number of allylic oxidation sites excluding steroid dienone is 1. The van der Waals surface area contributed by atoms with Crippen molar-refractivity contribution in [3.8, 4) is 0 Å². The smallest absolute Gasteiger partial charge is 0.333 e. The van der Waals surface area contributed by atoms with E-state index < -0.39 is 0 Å². The molecule has 3 heteroatoms. The van der Waals surface area contributed by atoms with E-state index in [4.69, 9.17) is 4.74 Å². The van der Waals surface area contributed by atoms with Crippen LogP contribution in [0.15, 0.2) is 24.3 Å². The topological polar surface area (TPSA) is 43.4 Å². The zero-order valence-corrected chi connectivity index (χ0v) is 10.2. The lowest BCUT2D eigenvalue weighted by Gasteiger charge is -2.04. The summed E-state index contributed by atoms with van der Waals surface area (Å²) in [6.45, 7) is 10.8. The molecule has 0 bridgehead atoms. The van der Waals surface area contributed by atoms with Gasteiger partial charge in [-0.3, -0.25) is 4.79 Å². The van der Waals surface area contributed by atoms with Crippen molar-refractivity contribution < 1.29 is 14.3 Å². The molecule has 0 radical (unpaired) electrons. The predicted molar refractivity (Wildman–Crippen MR) is 64.1 cm³/mol. The molecule has 0 N–H and O–H groups in total. The third-order valence-electron chi connectivity index (χ3n) is 2.11. The van der Waals surface area contributed by atoms with Crippen molar-refractivity contribution in [1.29, 1.82) is 0 Å². The number of carbonyl (C=O) groups is 2. The molecule has 0 spiro atoms. The molecule has 90 valence electrons. The fraction of sp³-hybridized carbons (Fsp3) is 0.538. The van der Waals surface area contributed by atoms with Crippen LogP contribution >= 0.6 is 0 Å². The first-order valence-corrected chi connectivity index (χ1v) is 5.46. The molecule has 0 aromatic heterocycles. The van der Waals surface area contributed by atoms with Crippen LogP contribution in [-0.2, 0) is 14.3 Å². The summed E-state index contributed by atoms with van der Waals surface area (Å²) in [5.74, 6) is -0.239. The minimum Gasteiger partial charge on any atom is -0.462 e. The maximum Gasteiger partial charge on any atom is 0.333 e. The van der Waals surface area contributed by atoms with Gasteiger partial charge in [-0.25, -0.2) is 4.79 Å². The molecule has 0 heterocycles. The minimum atomic E-state index is -0.349. The van der Waals surface area contributed by atoms with Crippen molar-refractivity contribution in [2.24, 2.45) is 0 Å². The summed E-state index contributed by atoms with van der Waals surface area (Å²) >= 11 is 0. The van der Waals surface area contributed by atoms with Gasteiger partial charge in [0.1, 0.15) is 0 Å². The van der Waals surface area contributed by atoms with Gasteiger partial charge in [-0.1, -0.05) is 13.2 Å². The molecule has 0 saturated carbocycles. The Labute approximate surface area is 97.2 Å². The van der Waals surface area contributed by atoms with Crippen molar-refractivity contribution in [1.82, 2.24) is 0 Å². The van der Waals surface area contributed by atoms with E-state index in [1.165, 1.54) is 0 Å². The Kier molecular flexibility index (Phi) is 7.18. The van der Waals surface area contributed by atoms with Gasteiger partial charge in [-0.15, -0.1) is 0 Å². The number of ether oxygens (including phenoxy) is 1. The first-order valence-electron chi connectivity index (χ1n) is 5.46. The van der Waals surface area contributed by atoms with Gasteiger partial charge in [0.2, 0.25) is 0 Å². The van der Waals surface area contributed by atoms with Gasteiger partial charge in [0, 0.05) is 12.0 Å². The zero-order chi connectivity index (χ0) is 12.6. The Morgan fingerprint density at radius 2 is 1.62 bits per heavy atom. The lowest BCUT2D eigenvalue weighted by Crippen LogP contribution is -2.06. The van der Waals surface area contributed by atoms with Crippen LogP contribution in [0.25, 0.3) is 0 Å². The first-order chi connectivity index (χ1) is 7.45. The van der Waals surface area contributed by atoms with Crippen LogP contribution in [0.4, 0.5) is 0 Å². The average molecular weight is 224 g/mol. The van der Waals surface area contributed by atoms with E-state index in [1.807, 2.05) is 0 Å². The highest BCUT2D eigenvalue weighted by Crippen LogP contribution is 2.05. The summed E-state index contributed by atoms with van der Waals surface area (Å²) in [6.07, 6.45) is 3.01. The molecule has 0 unspecified atom stereocenters. The number of esters is 1. The Morgan fingerprint density at radius 1 is 1.00 bits per heavy atom. The molecular formula is C13H20O3. The van der Waals surface area contributed by atoms with Gasteiger partial charge in [0.15, 0.2) is 5.78 Å². The van der Waals surface area contributed by atoms with Crippen molar-refractivity contribution in [2.45, 2.75) is 39.5 Å². The van der Waals surface area contributed by atoms with E-state index in [1.54, 1.807) is 13.8 Å². The van der Waals surface area contributed by atoms with Gasteiger partial charge >= 0.3 is 5.97 Å². The molecule has 0 aliphatic rings. The number of unbranched alkanes of at least 4 members (excludes halogenated alkanes) is 2. The van der Waals surface area contributed by atoms with Crippen molar-refractivity contribution in [2.75, 3.05) is 6.61 Å². The maximum atomic E-state index is 11.2. The van der Waals surface area contributed by atoms with Crippen molar-refractivity contribution >= 4 is 11.8 Å². The van der Waals surface area contributed by atoms with Gasteiger partial charge in [-0.05, 0) is 38.7 Å². The summed E-state index contributed by atoms with van der Waals surface area (Å²) < 4.78 is 4.92. The average Bonchev–Trinajstić information content (AvgIpc) is 2.21. The van der Waals surface area contributed by atoms with E-state index in [-0.39, 0.29) is 11.8 Å². The Hall–Kier alpha value is -1.38. The summed E-state index contributed by atoms with van der Waals surface area (Å²) in [7, 11) is 0. The van der Waals surface area contributed by atoms with Crippen LogP contribution in [0.1, 0.15) is 39.5 Å². The Balaban J connectivity index is 3.41. The maximum absolute atomic E-state index is 11.2. The fourth-order valence-electron chi connectivity index (χ4n) is 1.07. The lowest BCUT2D eigenvalue weighted by molar-refractivity contribution is -0.139. The van der Waals surface area contributed by atoms with Crippen LogP contribution < -0.4 is 0 Å². The highest BCUT2D eigenvalue weighted by Gasteiger charge is 2.03. The second kappa shape index (κ2) is 7.85. The molecule has 0 rings (SSSR count). The van der Waals surface area contributed by atoms with E-state index in [9.17, 15) is 9.59 Å². The first kappa shape index (κ1) is 14.6. The molecule has 0 fully saturated rings. The monoisotopic (exact) mass is 224 g/mol. The number of rotatable bonds is 8. The van der Waals surface area contributed by atoms with Crippen LogP contribution in [0.5, 0.6) is 0 Å². The highest BCUT2D eigenvalue weighted by molar-refractivity contribution is 5.93. The number of carbonyl (C=O) groups excluding carboxylic acids is 2. The van der Waals surface area contributed by atoms with Crippen molar-refractivity contribution in [3.05, 3.63) is 24.3 Å². The molecule has 0 amide bonds. The molecule has 16 heavy (non-hydrogen) atoms. The Bertz CT molecular complexity index is 260. The molecule has 0 aromatic carbocycles. The lowest BCUT2D eigenvalue weighted by atomic mass is 10.1. The molecule has 3 nitrogen and oxygen atoms in total. The van der Waals surface area contributed by atoms with Crippen molar-refractivity contribution in [3.63, 3.8) is 0 Å².